The number of nitrogens with one attached hydrogen (secondary N) is 1. The van der Waals surface area contributed by atoms with Crippen LogP contribution in [0.5, 0.6) is 11.5 Å². The fourth-order valence-corrected chi connectivity index (χ4v) is 3.24. The maximum atomic E-state index is 12.1. The number of methoxy groups -OCH3 is 2. The topological polar surface area (TPSA) is 47.6 Å². The SMILES string of the molecule is COc1cc(NC(=O)Cc2cc(Cl)sc2Cl)cc(OC)c1. The van der Waals surface area contributed by atoms with Crippen molar-refractivity contribution in [2.24, 2.45) is 0 Å². The monoisotopic (exact) mass is 345 g/mol. The van der Waals surface area contributed by atoms with Crippen molar-refractivity contribution in [2.75, 3.05) is 19.5 Å². The van der Waals surface area contributed by atoms with Crippen molar-refractivity contribution in [1.82, 2.24) is 0 Å². The molecule has 0 saturated heterocycles. The van der Waals surface area contributed by atoms with Crippen molar-refractivity contribution >= 4 is 46.1 Å². The van der Waals surface area contributed by atoms with Crippen LogP contribution in [0.2, 0.25) is 8.67 Å². The van der Waals surface area contributed by atoms with Gasteiger partial charge in [-0.2, -0.15) is 0 Å². The van der Waals surface area contributed by atoms with E-state index in [4.69, 9.17) is 32.7 Å². The van der Waals surface area contributed by atoms with Gasteiger partial charge in [-0.15, -0.1) is 11.3 Å². The van der Waals surface area contributed by atoms with E-state index >= 15 is 0 Å². The van der Waals surface area contributed by atoms with E-state index in [1.54, 1.807) is 38.5 Å². The molecular weight excluding hydrogens is 333 g/mol. The number of hydrogen-bond acceptors (Lipinski definition) is 4. The van der Waals surface area contributed by atoms with E-state index in [9.17, 15) is 4.79 Å². The number of carbonyl (C=O) groups excluding carboxylic acids is 1. The van der Waals surface area contributed by atoms with Crippen LogP contribution in [0, 0.1) is 0 Å². The summed E-state index contributed by atoms with van der Waals surface area (Å²) in [6, 6.07) is 6.84. The number of amides is 1. The highest BCUT2D eigenvalue weighted by Crippen LogP contribution is 2.32. The first kappa shape index (κ1) is 15.9. The second-order valence-electron chi connectivity index (χ2n) is 4.18. The number of carbonyl (C=O) groups is 1. The van der Waals surface area contributed by atoms with E-state index in [1.165, 1.54) is 11.3 Å². The van der Waals surface area contributed by atoms with E-state index in [1.807, 2.05) is 0 Å². The Labute approximate surface area is 136 Å². The van der Waals surface area contributed by atoms with E-state index < -0.39 is 0 Å². The molecule has 2 rings (SSSR count). The molecule has 0 fully saturated rings. The van der Waals surface area contributed by atoms with Crippen LogP contribution in [0.3, 0.4) is 0 Å². The first-order chi connectivity index (χ1) is 10.0. The van der Waals surface area contributed by atoms with Crippen LogP contribution >= 0.6 is 34.5 Å². The lowest BCUT2D eigenvalue weighted by Crippen LogP contribution is -2.14. The lowest BCUT2D eigenvalue weighted by molar-refractivity contribution is -0.115. The Morgan fingerprint density at radius 1 is 1.14 bits per heavy atom. The molecule has 2 aromatic rings. The molecule has 21 heavy (non-hydrogen) atoms. The smallest absolute Gasteiger partial charge is 0.228 e. The minimum atomic E-state index is -0.193. The van der Waals surface area contributed by atoms with Gasteiger partial charge in [-0.3, -0.25) is 4.79 Å². The van der Waals surface area contributed by atoms with Gasteiger partial charge in [0.15, 0.2) is 0 Å². The Morgan fingerprint density at radius 3 is 2.24 bits per heavy atom. The summed E-state index contributed by atoms with van der Waals surface area (Å²) in [5.74, 6) is 1.00. The largest absolute Gasteiger partial charge is 0.497 e. The maximum Gasteiger partial charge on any atom is 0.228 e. The average Bonchev–Trinajstić information content (AvgIpc) is 2.76. The summed E-state index contributed by atoms with van der Waals surface area (Å²) in [6.07, 6.45) is 0.154. The highest BCUT2D eigenvalue weighted by molar-refractivity contribution is 7.20. The molecule has 0 spiro atoms. The molecule has 0 bridgehead atoms. The highest BCUT2D eigenvalue weighted by atomic mass is 35.5. The van der Waals surface area contributed by atoms with Gasteiger partial charge in [-0.05, 0) is 11.6 Å². The molecule has 1 aromatic heterocycles. The molecule has 4 nitrogen and oxygen atoms in total. The molecule has 0 radical (unpaired) electrons. The Balaban J connectivity index is 2.10. The van der Waals surface area contributed by atoms with Gasteiger partial charge in [0.1, 0.15) is 11.5 Å². The summed E-state index contributed by atoms with van der Waals surface area (Å²) in [5.41, 5.74) is 1.30. The van der Waals surface area contributed by atoms with Crippen LogP contribution in [-0.2, 0) is 11.2 Å². The fraction of sp³-hybridized carbons (Fsp3) is 0.214. The van der Waals surface area contributed by atoms with Crippen molar-refractivity contribution in [2.45, 2.75) is 6.42 Å². The molecule has 0 aliphatic heterocycles. The molecule has 0 unspecified atom stereocenters. The van der Waals surface area contributed by atoms with Gasteiger partial charge in [0.2, 0.25) is 5.91 Å². The molecule has 7 heteroatoms. The predicted molar refractivity (Wildman–Crippen MR) is 86.2 cm³/mol. The number of hydrogen-bond donors (Lipinski definition) is 1. The lowest BCUT2D eigenvalue weighted by Gasteiger charge is -2.09. The second kappa shape index (κ2) is 7.02. The minimum absolute atomic E-state index is 0.154. The molecule has 0 saturated carbocycles. The van der Waals surface area contributed by atoms with Gasteiger partial charge in [0.05, 0.1) is 29.3 Å². The molecule has 1 aromatic carbocycles. The number of halogens is 2. The molecule has 1 amide bonds. The molecule has 1 heterocycles. The van der Waals surface area contributed by atoms with E-state index in [0.29, 0.717) is 31.4 Å². The third-order valence-corrected chi connectivity index (χ3v) is 4.28. The highest BCUT2D eigenvalue weighted by Gasteiger charge is 2.12. The van der Waals surface area contributed by atoms with Crippen molar-refractivity contribution in [3.05, 3.63) is 38.5 Å². The number of benzene rings is 1. The summed E-state index contributed by atoms with van der Waals surface area (Å²) in [4.78, 5) is 12.1. The normalized spacial score (nSPS) is 10.3. The number of ether oxygens (including phenoxy) is 2. The van der Waals surface area contributed by atoms with Crippen molar-refractivity contribution in [3.8, 4) is 11.5 Å². The Morgan fingerprint density at radius 2 is 1.76 bits per heavy atom. The zero-order valence-corrected chi connectivity index (χ0v) is 13.7. The summed E-state index contributed by atoms with van der Waals surface area (Å²) in [5, 5.41) is 2.78. The standard InChI is InChI=1S/C14H13Cl2NO3S/c1-19-10-5-9(6-11(7-10)20-2)17-13(18)4-8-3-12(15)21-14(8)16/h3,5-7H,4H2,1-2H3,(H,17,18). The second-order valence-corrected chi connectivity index (χ2v) is 6.46. The van der Waals surface area contributed by atoms with Gasteiger partial charge < -0.3 is 14.8 Å². The average molecular weight is 346 g/mol. The number of anilines is 1. The van der Waals surface area contributed by atoms with Crippen LogP contribution in [0.25, 0.3) is 0 Å². The van der Waals surface area contributed by atoms with E-state index in [-0.39, 0.29) is 12.3 Å². The van der Waals surface area contributed by atoms with Crippen LogP contribution in [-0.4, -0.2) is 20.1 Å². The van der Waals surface area contributed by atoms with Gasteiger partial charge in [0.25, 0.3) is 0 Å². The fourth-order valence-electron chi connectivity index (χ4n) is 1.75. The Kier molecular flexibility index (Phi) is 5.33. The quantitative estimate of drug-likeness (QED) is 0.880. The first-order valence-corrected chi connectivity index (χ1v) is 7.55. The van der Waals surface area contributed by atoms with Crippen molar-refractivity contribution in [1.29, 1.82) is 0 Å². The molecule has 0 atom stereocenters. The lowest BCUT2D eigenvalue weighted by atomic mass is 10.2. The minimum Gasteiger partial charge on any atom is -0.497 e. The number of thiophene rings is 1. The van der Waals surface area contributed by atoms with Gasteiger partial charge >= 0.3 is 0 Å². The molecule has 0 aliphatic rings. The van der Waals surface area contributed by atoms with Gasteiger partial charge in [0, 0.05) is 23.9 Å². The third-order valence-electron chi connectivity index (χ3n) is 2.71. The Bertz CT molecular complexity index is 635. The van der Waals surface area contributed by atoms with Crippen LogP contribution in [0.4, 0.5) is 5.69 Å². The van der Waals surface area contributed by atoms with E-state index in [0.717, 1.165) is 0 Å². The van der Waals surface area contributed by atoms with Crippen molar-refractivity contribution < 1.29 is 14.3 Å². The van der Waals surface area contributed by atoms with Crippen LogP contribution in [0.15, 0.2) is 24.3 Å². The molecular formula is C14H13Cl2NO3S. The van der Waals surface area contributed by atoms with Gasteiger partial charge in [-0.25, -0.2) is 0 Å². The third kappa shape index (κ3) is 4.27. The van der Waals surface area contributed by atoms with Gasteiger partial charge in [-0.1, -0.05) is 23.2 Å². The number of rotatable bonds is 5. The molecule has 0 aliphatic carbocycles. The zero-order valence-electron chi connectivity index (χ0n) is 11.4. The van der Waals surface area contributed by atoms with Crippen LogP contribution in [0.1, 0.15) is 5.56 Å². The Hall–Kier alpha value is -1.43. The summed E-state index contributed by atoms with van der Waals surface area (Å²) in [6.45, 7) is 0. The first-order valence-electron chi connectivity index (χ1n) is 5.98. The summed E-state index contributed by atoms with van der Waals surface area (Å²) in [7, 11) is 3.10. The predicted octanol–water partition coefficient (Wildman–Crippen LogP) is 4.25. The van der Waals surface area contributed by atoms with E-state index in [2.05, 4.69) is 5.32 Å². The maximum absolute atomic E-state index is 12.1. The molecule has 1 N–H and O–H groups in total. The summed E-state index contributed by atoms with van der Waals surface area (Å²) < 4.78 is 11.4. The molecule has 112 valence electrons. The summed E-state index contributed by atoms with van der Waals surface area (Å²) >= 11 is 13.1. The van der Waals surface area contributed by atoms with Crippen LogP contribution < -0.4 is 14.8 Å². The zero-order chi connectivity index (χ0) is 15.4. The van der Waals surface area contributed by atoms with Crippen molar-refractivity contribution in [3.63, 3.8) is 0 Å².